The van der Waals surface area contributed by atoms with Crippen LogP contribution in [0, 0.1) is 11.7 Å². The molecule has 4 heteroatoms. The Morgan fingerprint density at radius 2 is 2.06 bits per heavy atom. The zero-order valence-corrected chi connectivity index (χ0v) is 12.3. The van der Waals surface area contributed by atoms with Crippen molar-refractivity contribution < 1.29 is 4.39 Å². The third-order valence-corrected chi connectivity index (χ3v) is 4.32. The number of halogens is 2. The fourth-order valence-corrected chi connectivity index (χ4v) is 2.88. The minimum absolute atomic E-state index is 0.312. The summed E-state index contributed by atoms with van der Waals surface area (Å²) < 4.78 is 13.8. The quantitative estimate of drug-likeness (QED) is 0.620. The van der Waals surface area contributed by atoms with Gasteiger partial charge in [-0.05, 0) is 47.2 Å². The summed E-state index contributed by atoms with van der Waals surface area (Å²) in [4.78, 5) is 0. The molecule has 0 radical (unpaired) electrons. The number of anilines is 2. The van der Waals surface area contributed by atoms with Crippen molar-refractivity contribution >= 4 is 27.3 Å². The molecular formula is C14H20BrFN2. The molecule has 1 aliphatic carbocycles. The highest BCUT2D eigenvalue weighted by Crippen LogP contribution is 2.30. The van der Waals surface area contributed by atoms with Crippen LogP contribution in [0.15, 0.2) is 16.6 Å². The van der Waals surface area contributed by atoms with E-state index in [9.17, 15) is 4.39 Å². The fraction of sp³-hybridized carbons (Fsp3) is 0.571. The summed E-state index contributed by atoms with van der Waals surface area (Å²) in [5.74, 6) is 0.502. The van der Waals surface area contributed by atoms with Gasteiger partial charge in [0.05, 0.1) is 15.8 Å². The van der Waals surface area contributed by atoms with Crippen molar-refractivity contribution in [3.63, 3.8) is 0 Å². The average Bonchev–Trinajstić information content (AvgIpc) is 2.51. The SMILES string of the molecule is CC1CCCC(Nc2cc(Br)c(F)cc2N)CC1. The molecule has 0 spiro atoms. The second-order valence-electron chi connectivity index (χ2n) is 5.31. The summed E-state index contributed by atoms with van der Waals surface area (Å²) in [6.07, 6.45) is 6.14. The van der Waals surface area contributed by atoms with Gasteiger partial charge in [-0.15, -0.1) is 0 Å². The van der Waals surface area contributed by atoms with Gasteiger partial charge in [0.2, 0.25) is 0 Å². The first kappa shape index (κ1) is 13.7. The number of nitrogens with two attached hydrogens (primary N) is 1. The molecular weight excluding hydrogens is 295 g/mol. The first-order valence-corrected chi connectivity index (χ1v) is 7.36. The predicted octanol–water partition coefficient (Wildman–Crippen LogP) is 4.55. The number of nitrogens with one attached hydrogen (secondary N) is 1. The fourth-order valence-electron chi connectivity index (χ4n) is 2.54. The third kappa shape index (κ3) is 3.37. The van der Waals surface area contributed by atoms with Crippen LogP contribution >= 0.6 is 15.9 Å². The van der Waals surface area contributed by atoms with Gasteiger partial charge >= 0.3 is 0 Å². The van der Waals surface area contributed by atoms with Gasteiger partial charge in [0.25, 0.3) is 0 Å². The van der Waals surface area contributed by atoms with Gasteiger partial charge < -0.3 is 11.1 Å². The Kier molecular flexibility index (Phi) is 4.49. The van der Waals surface area contributed by atoms with Gasteiger partial charge in [-0.3, -0.25) is 0 Å². The molecule has 2 rings (SSSR count). The Morgan fingerprint density at radius 1 is 1.28 bits per heavy atom. The Balaban J connectivity index is 2.06. The van der Waals surface area contributed by atoms with Crippen LogP contribution in [0.3, 0.4) is 0 Å². The normalized spacial score (nSPS) is 24.6. The highest BCUT2D eigenvalue weighted by molar-refractivity contribution is 9.10. The highest BCUT2D eigenvalue weighted by atomic mass is 79.9. The van der Waals surface area contributed by atoms with E-state index < -0.39 is 0 Å². The molecule has 1 aliphatic rings. The topological polar surface area (TPSA) is 38.0 Å². The van der Waals surface area contributed by atoms with Crippen molar-refractivity contribution in [3.05, 3.63) is 22.4 Å². The molecule has 1 aromatic carbocycles. The molecule has 2 nitrogen and oxygen atoms in total. The minimum atomic E-state index is -0.312. The van der Waals surface area contributed by atoms with Crippen LogP contribution in [0.2, 0.25) is 0 Å². The molecule has 2 atom stereocenters. The van der Waals surface area contributed by atoms with E-state index in [-0.39, 0.29) is 5.82 Å². The second kappa shape index (κ2) is 5.91. The Bertz CT molecular complexity index is 423. The lowest BCUT2D eigenvalue weighted by Gasteiger charge is -2.19. The summed E-state index contributed by atoms with van der Waals surface area (Å²) in [6.45, 7) is 2.31. The van der Waals surface area contributed by atoms with Crippen LogP contribution in [0.4, 0.5) is 15.8 Å². The summed E-state index contributed by atoms with van der Waals surface area (Å²) in [5.41, 5.74) is 7.17. The monoisotopic (exact) mass is 314 g/mol. The van der Waals surface area contributed by atoms with Crippen LogP contribution in [0.25, 0.3) is 0 Å². The van der Waals surface area contributed by atoms with Crippen LogP contribution in [0.1, 0.15) is 39.0 Å². The maximum Gasteiger partial charge on any atom is 0.139 e. The molecule has 0 saturated heterocycles. The van der Waals surface area contributed by atoms with E-state index >= 15 is 0 Å². The van der Waals surface area contributed by atoms with Gasteiger partial charge in [0, 0.05) is 12.1 Å². The smallest absolute Gasteiger partial charge is 0.139 e. The van der Waals surface area contributed by atoms with Gasteiger partial charge in [-0.25, -0.2) is 4.39 Å². The number of hydrogen-bond acceptors (Lipinski definition) is 2. The van der Waals surface area contributed by atoms with Gasteiger partial charge in [0.1, 0.15) is 5.82 Å². The molecule has 18 heavy (non-hydrogen) atoms. The van der Waals surface area contributed by atoms with Gasteiger partial charge in [0.15, 0.2) is 0 Å². The lowest BCUT2D eigenvalue weighted by Crippen LogP contribution is -2.19. The first-order valence-electron chi connectivity index (χ1n) is 6.57. The molecule has 3 N–H and O–H groups in total. The maximum atomic E-state index is 13.3. The lowest BCUT2D eigenvalue weighted by molar-refractivity contribution is 0.502. The molecule has 0 amide bonds. The van der Waals surface area contributed by atoms with Crippen molar-refractivity contribution in [2.24, 2.45) is 5.92 Å². The van der Waals surface area contributed by atoms with E-state index in [4.69, 9.17) is 5.73 Å². The van der Waals surface area contributed by atoms with E-state index in [1.807, 2.05) is 0 Å². The van der Waals surface area contributed by atoms with E-state index in [2.05, 4.69) is 28.2 Å². The van der Waals surface area contributed by atoms with E-state index in [0.717, 1.165) is 18.0 Å². The molecule has 0 heterocycles. The summed E-state index contributed by atoms with van der Waals surface area (Å²) >= 11 is 3.20. The average molecular weight is 315 g/mol. The lowest BCUT2D eigenvalue weighted by atomic mass is 10.0. The number of benzene rings is 1. The first-order chi connectivity index (χ1) is 8.56. The van der Waals surface area contributed by atoms with Crippen molar-refractivity contribution in [2.45, 2.75) is 45.1 Å². The summed E-state index contributed by atoms with van der Waals surface area (Å²) in [7, 11) is 0. The van der Waals surface area contributed by atoms with E-state index in [1.165, 1.54) is 31.7 Å². The van der Waals surface area contributed by atoms with Crippen molar-refractivity contribution in [1.82, 2.24) is 0 Å². The van der Waals surface area contributed by atoms with Crippen molar-refractivity contribution in [2.75, 3.05) is 11.1 Å². The Hall–Kier alpha value is -0.770. The molecule has 0 aromatic heterocycles. The minimum Gasteiger partial charge on any atom is -0.397 e. The molecule has 1 fully saturated rings. The highest BCUT2D eigenvalue weighted by Gasteiger charge is 2.17. The number of rotatable bonds is 2. The largest absolute Gasteiger partial charge is 0.397 e. The zero-order chi connectivity index (χ0) is 13.1. The summed E-state index contributed by atoms with van der Waals surface area (Å²) in [5, 5.41) is 3.46. The maximum absolute atomic E-state index is 13.3. The Morgan fingerprint density at radius 3 is 2.83 bits per heavy atom. The Labute approximate surface area is 116 Å². The number of hydrogen-bond donors (Lipinski definition) is 2. The third-order valence-electron chi connectivity index (χ3n) is 3.71. The van der Waals surface area contributed by atoms with Crippen molar-refractivity contribution in [3.8, 4) is 0 Å². The number of nitrogen functional groups attached to an aromatic ring is 1. The molecule has 0 bridgehead atoms. The molecule has 0 aliphatic heterocycles. The molecule has 100 valence electrons. The van der Waals surface area contributed by atoms with Crippen LogP contribution in [-0.2, 0) is 0 Å². The van der Waals surface area contributed by atoms with Gasteiger partial charge in [-0.2, -0.15) is 0 Å². The van der Waals surface area contributed by atoms with Crippen LogP contribution < -0.4 is 11.1 Å². The van der Waals surface area contributed by atoms with Crippen LogP contribution in [0.5, 0.6) is 0 Å². The van der Waals surface area contributed by atoms with E-state index in [0.29, 0.717) is 16.2 Å². The van der Waals surface area contributed by atoms with Gasteiger partial charge in [-0.1, -0.05) is 19.8 Å². The zero-order valence-electron chi connectivity index (χ0n) is 10.7. The molecule has 1 saturated carbocycles. The molecule has 1 aromatic rings. The van der Waals surface area contributed by atoms with Crippen LogP contribution in [-0.4, -0.2) is 6.04 Å². The van der Waals surface area contributed by atoms with E-state index in [1.54, 1.807) is 6.07 Å². The standard InChI is InChI=1S/C14H20BrFN2/c1-9-3-2-4-10(6-5-9)18-14-7-11(15)12(16)8-13(14)17/h7-10,18H,2-6,17H2,1H3. The summed E-state index contributed by atoms with van der Waals surface area (Å²) in [6, 6.07) is 3.56. The molecule has 2 unspecified atom stereocenters. The second-order valence-corrected chi connectivity index (χ2v) is 6.16. The predicted molar refractivity (Wildman–Crippen MR) is 78.2 cm³/mol. The van der Waals surface area contributed by atoms with Crippen molar-refractivity contribution in [1.29, 1.82) is 0 Å².